The number of anilines is 1. The van der Waals surface area contributed by atoms with Crippen molar-refractivity contribution in [1.29, 1.82) is 0 Å². The van der Waals surface area contributed by atoms with E-state index in [1.54, 1.807) is 39.5 Å². The first-order valence-electron chi connectivity index (χ1n) is 10.2. The lowest BCUT2D eigenvalue weighted by molar-refractivity contribution is 0.0696. The fraction of sp³-hybridized carbons (Fsp3) is 0.200. The highest BCUT2D eigenvalue weighted by atomic mass is 35.5. The number of fused-ring (bicyclic) bond motifs is 1. The highest BCUT2D eigenvalue weighted by molar-refractivity contribution is 6.31. The van der Waals surface area contributed by atoms with E-state index in [0.717, 1.165) is 16.9 Å². The minimum atomic E-state index is -1.01. The highest BCUT2D eigenvalue weighted by Crippen LogP contribution is 2.31. The molecule has 0 atom stereocenters. The molecule has 0 amide bonds. The third-order valence-corrected chi connectivity index (χ3v) is 6.04. The van der Waals surface area contributed by atoms with E-state index in [2.05, 4.69) is 0 Å². The van der Waals surface area contributed by atoms with Crippen LogP contribution in [0.4, 0.5) is 5.69 Å². The van der Waals surface area contributed by atoms with Gasteiger partial charge in [-0.25, -0.2) is 9.59 Å². The molecule has 0 spiro atoms. The molecular formula is C25H24ClN3O3. The van der Waals surface area contributed by atoms with Crippen LogP contribution in [0, 0.1) is 0 Å². The number of hydrogen-bond acceptors (Lipinski definition) is 3. The van der Waals surface area contributed by atoms with E-state index in [0.29, 0.717) is 16.1 Å². The first-order chi connectivity index (χ1) is 15.1. The van der Waals surface area contributed by atoms with Crippen molar-refractivity contribution in [2.24, 2.45) is 0 Å². The van der Waals surface area contributed by atoms with Gasteiger partial charge in [0.1, 0.15) is 0 Å². The molecule has 3 aromatic carbocycles. The zero-order valence-corrected chi connectivity index (χ0v) is 19.1. The Morgan fingerprint density at radius 2 is 1.66 bits per heavy atom. The molecule has 32 heavy (non-hydrogen) atoms. The average molecular weight is 450 g/mol. The predicted molar refractivity (Wildman–Crippen MR) is 129 cm³/mol. The zero-order valence-electron chi connectivity index (χ0n) is 18.3. The Kier molecular flexibility index (Phi) is 5.34. The second kappa shape index (κ2) is 7.88. The molecule has 0 saturated carbocycles. The molecule has 0 fully saturated rings. The number of rotatable bonds is 5. The lowest BCUT2D eigenvalue weighted by atomic mass is 9.92. The molecular weight excluding hydrogens is 426 g/mol. The van der Waals surface area contributed by atoms with Crippen molar-refractivity contribution < 1.29 is 9.90 Å². The van der Waals surface area contributed by atoms with Gasteiger partial charge < -0.3 is 10.0 Å². The summed E-state index contributed by atoms with van der Waals surface area (Å²) in [6, 6.07) is 19.8. The van der Waals surface area contributed by atoms with Gasteiger partial charge >= 0.3 is 11.7 Å². The van der Waals surface area contributed by atoms with Crippen LogP contribution in [0.25, 0.3) is 16.7 Å². The summed E-state index contributed by atoms with van der Waals surface area (Å²) < 4.78 is 3.34. The number of carboxylic acid groups (broad SMARTS) is 1. The molecule has 0 bridgehead atoms. The standard InChI is InChI=1S/C25H24ClN3O3/c1-25(2,17-7-5-6-16(14-17)23(30)31)29-21-13-8-18(26)15-22(21)28(24(29)32)20-11-9-19(10-12-20)27(3)4/h5-15H,1-4H3,(H,30,31). The van der Waals surface area contributed by atoms with Gasteiger partial charge in [-0.05, 0) is 74.0 Å². The van der Waals surface area contributed by atoms with Gasteiger partial charge in [-0.1, -0.05) is 23.7 Å². The summed E-state index contributed by atoms with van der Waals surface area (Å²) in [4.78, 5) is 27.3. The maximum Gasteiger partial charge on any atom is 0.335 e. The molecule has 4 aromatic rings. The summed E-state index contributed by atoms with van der Waals surface area (Å²) in [5.74, 6) is -1.01. The first kappa shape index (κ1) is 21.7. The SMILES string of the molecule is CN(C)c1ccc(-n2c(=O)n(C(C)(C)c3cccc(C(=O)O)c3)c3ccc(Cl)cc32)cc1. The summed E-state index contributed by atoms with van der Waals surface area (Å²) in [7, 11) is 3.92. The van der Waals surface area contributed by atoms with Crippen LogP contribution in [0.5, 0.6) is 0 Å². The number of imidazole rings is 1. The molecule has 0 aliphatic carbocycles. The van der Waals surface area contributed by atoms with Crippen molar-refractivity contribution >= 4 is 34.3 Å². The second-order valence-corrected chi connectivity index (χ2v) is 8.88. The van der Waals surface area contributed by atoms with Crippen molar-refractivity contribution in [2.45, 2.75) is 19.4 Å². The topological polar surface area (TPSA) is 67.5 Å². The average Bonchev–Trinajstić information content (AvgIpc) is 3.05. The van der Waals surface area contributed by atoms with Crippen LogP contribution >= 0.6 is 11.6 Å². The molecule has 0 unspecified atom stereocenters. The molecule has 1 aromatic heterocycles. The zero-order chi connectivity index (χ0) is 23.2. The molecule has 7 heteroatoms. The van der Waals surface area contributed by atoms with Gasteiger partial charge in [0.2, 0.25) is 0 Å². The summed E-state index contributed by atoms with van der Waals surface area (Å²) >= 11 is 6.30. The lowest BCUT2D eigenvalue weighted by Gasteiger charge is -2.27. The molecule has 0 aliphatic rings. The van der Waals surface area contributed by atoms with Crippen molar-refractivity contribution in [1.82, 2.24) is 9.13 Å². The van der Waals surface area contributed by atoms with Crippen molar-refractivity contribution in [2.75, 3.05) is 19.0 Å². The summed E-state index contributed by atoms with van der Waals surface area (Å²) in [5.41, 5.74) is 2.99. The summed E-state index contributed by atoms with van der Waals surface area (Å²) in [6.45, 7) is 3.81. The van der Waals surface area contributed by atoms with Crippen molar-refractivity contribution in [3.8, 4) is 5.69 Å². The van der Waals surface area contributed by atoms with Crippen LogP contribution in [-0.2, 0) is 5.54 Å². The van der Waals surface area contributed by atoms with Crippen LogP contribution < -0.4 is 10.6 Å². The van der Waals surface area contributed by atoms with E-state index in [1.807, 2.05) is 69.2 Å². The molecule has 0 saturated heterocycles. The predicted octanol–water partition coefficient (Wildman–Crippen LogP) is 4.99. The van der Waals surface area contributed by atoms with Gasteiger partial charge in [-0.15, -0.1) is 0 Å². The molecule has 164 valence electrons. The number of halogens is 1. The Hall–Kier alpha value is -3.51. The Morgan fingerprint density at radius 1 is 0.969 bits per heavy atom. The Bertz CT molecular complexity index is 1380. The van der Waals surface area contributed by atoms with Crippen molar-refractivity contribution in [3.63, 3.8) is 0 Å². The van der Waals surface area contributed by atoms with Gasteiger partial charge in [-0.3, -0.25) is 9.13 Å². The van der Waals surface area contributed by atoms with Crippen LogP contribution in [0.1, 0.15) is 29.8 Å². The monoisotopic (exact) mass is 449 g/mol. The molecule has 0 radical (unpaired) electrons. The van der Waals surface area contributed by atoms with Crippen LogP contribution in [0.15, 0.2) is 71.5 Å². The fourth-order valence-electron chi connectivity index (χ4n) is 4.02. The number of nitrogens with zero attached hydrogens (tertiary/aromatic N) is 3. The normalized spacial score (nSPS) is 11.7. The maximum absolute atomic E-state index is 13.8. The van der Waals surface area contributed by atoms with E-state index < -0.39 is 11.5 Å². The fourth-order valence-corrected chi connectivity index (χ4v) is 4.19. The van der Waals surface area contributed by atoms with E-state index in [1.165, 1.54) is 0 Å². The summed E-state index contributed by atoms with van der Waals surface area (Å²) in [6.07, 6.45) is 0. The van der Waals surface area contributed by atoms with Crippen molar-refractivity contribution in [3.05, 3.63) is 93.4 Å². The Balaban J connectivity index is 1.99. The molecule has 1 N–H and O–H groups in total. The van der Waals surface area contributed by atoms with E-state index in [9.17, 15) is 14.7 Å². The number of carboxylic acids is 1. The van der Waals surface area contributed by atoms with Crippen LogP contribution in [0.3, 0.4) is 0 Å². The lowest BCUT2D eigenvalue weighted by Crippen LogP contribution is -2.37. The third-order valence-electron chi connectivity index (χ3n) is 5.80. The van der Waals surface area contributed by atoms with E-state index >= 15 is 0 Å². The quantitative estimate of drug-likeness (QED) is 0.466. The van der Waals surface area contributed by atoms with Crippen LogP contribution in [0.2, 0.25) is 5.02 Å². The highest BCUT2D eigenvalue weighted by Gasteiger charge is 2.30. The smallest absolute Gasteiger partial charge is 0.335 e. The van der Waals surface area contributed by atoms with Gasteiger partial charge in [0.25, 0.3) is 0 Å². The number of aromatic nitrogens is 2. The van der Waals surface area contributed by atoms with Gasteiger partial charge in [0, 0.05) is 24.8 Å². The second-order valence-electron chi connectivity index (χ2n) is 8.44. The minimum Gasteiger partial charge on any atom is -0.478 e. The number of benzene rings is 3. The summed E-state index contributed by atoms with van der Waals surface area (Å²) in [5, 5.41) is 9.95. The Morgan fingerprint density at radius 3 is 2.28 bits per heavy atom. The number of aromatic carboxylic acids is 1. The van der Waals surface area contributed by atoms with E-state index in [4.69, 9.17) is 11.6 Å². The van der Waals surface area contributed by atoms with Gasteiger partial charge in [0.05, 0.1) is 27.8 Å². The van der Waals surface area contributed by atoms with Crippen LogP contribution in [-0.4, -0.2) is 34.3 Å². The molecule has 4 rings (SSSR count). The molecule has 0 aliphatic heterocycles. The van der Waals surface area contributed by atoms with Gasteiger partial charge in [-0.2, -0.15) is 0 Å². The van der Waals surface area contributed by atoms with Gasteiger partial charge in [0.15, 0.2) is 0 Å². The largest absolute Gasteiger partial charge is 0.478 e. The third kappa shape index (κ3) is 3.56. The number of hydrogen-bond donors (Lipinski definition) is 1. The minimum absolute atomic E-state index is 0.176. The molecule has 6 nitrogen and oxygen atoms in total. The Labute approximate surface area is 190 Å². The molecule has 1 heterocycles. The number of carbonyl (C=O) groups is 1. The maximum atomic E-state index is 13.8. The van der Waals surface area contributed by atoms with E-state index in [-0.39, 0.29) is 11.3 Å². The first-order valence-corrected chi connectivity index (χ1v) is 10.5.